The van der Waals surface area contributed by atoms with E-state index in [9.17, 15) is 0 Å². The highest BCUT2D eigenvalue weighted by Gasteiger charge is 2.39. The number of rotatable bonds is 9. The molecule has 0 spiro atoms. The Bertz CT molecular complexity index is 567. The predicted octanol–water partition coefficient (Wildman–Crippen LogP) is 4.71. The van der Waals surface area contributed by atoms with Crippen LogP contribution in [0.1, 0.15) is 31.9 Å². The second-order valence-corrected chi connectivity index (χ2v) is 7.55. The van der Waals surface area contributed by atoms with E-state index < -0.39 is 8.80 Å². The summed E-state index contributed by atoms with van der Waals surface area (Å²) in [5.74, 6) is 0. The highest BCUT2D eigenvalue weighted by atomic mass is 28.4. The van der Waals surface area contributed by atoms with E-state index in [1.54, 1.807) is 0 Å². The van der Waals surface area contributed by atoms with Crippen molar-refractivity contribution in [2.45, 2.75) is 20.8 Å². The van der Waals surface area contributed by atoms with Crippen LogP contribution in [0.4, 0.5) is 0 Å². The molecule has 3 nitrogen and oxygen atoms in total. The first kappa shape index (κ1) is 18.6. The summed E-state index contributed by atoms with van der Waals surface area (Å²) >= 11 is 0. The third-order valence-corrected chi connectivity index (χ3v) is 6.24. The third-order valence-electron chi connectivity index (χ3n) is 3.53. The summed E-state index contributed by atoms with van der Waals surface area (Å²) in [6, 6.07) is 20.6. The molecular formula is C20H26O3Si. The van der Waals surface area contributed by atoms with Crippen molar-refractivity contribution in [2.24, 2.45) is 0 Å². The van der Waals surface area contributed by atoms with Crippen molar-refractivity contribution in [1.82, 2.24) is 0 Å². The highest BCUT2D eigenvalue weighted by Crippen LogP contribution is 2.27. The van der Waals surface area contributed by atoms with Gasteiger partial charge in [-0.15, -0.1) is 0 Å². The molecule has 0 heterocycles. The number of hydrogen-bond acceptors (Lipinski definition) is 3. The lowest BCUT2D eigenvalue weighted by molar-refractivity contribution is 0.0844. The molecule has 0 unspecified atom stereocenters. The Morgan fingerprint density at radius 3 is 1.42 bits per heavy atom. The monoisotopic (exact) mass is 342 g/mol. The molecule has 2 aromatic rings. The smallest absolute Gasteiger partial charge is 0.371 e. The molecule has 0 amide bonds. The average Bonchev–Trinajstić information content (AvgIpc) is 2.62. The molecule has 24 heavy (non-hydrogen) atoms. The summed E-state index contributed by atoms with van der Waals surface area (Å²) in [7, 11) is -2.89. The van der Waals surface area contributed by atoms with Gasteiger partial charge in [0, 0.05) is 19.8 Å². The molecule has 0 saturated heterocycles. The topological polar surface area (TPSA) is 27.7 Å². The normalized spacial score (nSPS) is 11.3. The zero-order valence-corrected chi connectivity index (χ0v) is 15.7. The minimum Gasteiger partial charge on any atom is -0.371 e. The van der Waals surface area contributed by atoms with Gasteiger partial charge in [0.15, 0.2) is 0 Å². The summed E-state index contributed by atoms with van der Waals surface area (Å²) < 4.78 is 18.0. The van der Waals surface area contributed by atoms with Crippen molar-refractivity contribution in [3.8, 4) is 0 Å². The molecule has 2 aromatic carbocycles. The first-order valence-electron chi connectivity index (χ1n) is 8.50. The van der Waals surface area contributed by atoms with Crippen LogP contribution in [-0.4, -0.2) is 28.6 Å². The molecule has 4 heteroatoms. The molecule has 0 bridgehead atoms. The van der Waals surface area contributed by atoms with E-state index in [0.29, 0.717) is 19.8 Å². The summed E-state index contributed by atoms with van der Waals surface area (Å²) in [6.45, 7) is 7.58. The van der Waals surface area contributed by atoms with Gasteiger partial charge in [-0.25, -0.2) is 0 Å². The van der Waals surface area contributed by atoms with Crippen LogP contribution in [0.2, 0.25) is 0 Å². The van der Waals surface area contributed by atoms with Crippen molar-refractivity contribution < 1.29 is 13.3 Å². The molecule has 0 aliphatic heterocycles. The SMILES string of the molecule is CCO[Si](C=C(c1ccccc1)c1ccccc1)(OCC)OCC. The van der Waals surface area contributed by atoms with E-state index in [2.05, 4.69) is 30.0 Å². The van der Waals surface area contributed by atoms with Crippen LogP contribution in [0.15, 0.2) is 66.4 Å². The summed E-state index contributed by atoms with van der Waals surface area (Å²) in [6.07, 6.45) is 0. The standard InChI is InChI=1S/C20H26O3Si/c1-4-21-24(22-5-2,23-6-3)17-20(18-13-9-7-10-14-18)19-15-11-8-12-16-19/h7-17H,4-6H2,1-3H3. The lowest BCUT2D eigenvalue weighted by Gasteiger charge is -2.26. The van der Waals surface area contributed by atoms with E-state index in [1.165, 1.54) is 0 Å². The van der Waals surface area contributed by atoms with Crippen LogP contribution in [0, 0.1) is 0 Å². The van der Waals surface area contributed by atoms with Crippen LogP contribution in [0.3, 0.4) is 0 Å². The molecule has 0 atom stereocenters. The molecule has 128 valence electrons. The lowest BCUT2D eigenvalue weighted by atomic mass is 10.00. The zero-order chi connectivity index (χ0) is 17.3. The highest BCUT2D eigenvalue weighted by molar-refractivity contribution is 6.67. The van der Waals surface area contributed by atoms with Gasteiger partial charge in [0.1, 0.15) is 0 Å². The maximum Gasteiger partial charge on any atom is 0.530 e. The fourth-order valence-corrected chi connectivity index (χ4v) is 4.99. The second kappa shape index (κ2) is 9.54. The van der Waals surface area contributed by atoms with Gasteiger partial charge in [0.2, 0.25) is 0 Å². The van der Waals surface area contributed by atoms with E-state index in [4.69, 9.17) is 13.3 Å². The maximum absolute atomic E-state index is 6.00. The van der Waals surface area contributed by atoms with Gasteiger partial charge < -0.3 is 13.3 Å². The first-order chi connectivity index (χ1) is 11.7. The van der Waals surface area contributed by atoms with Crippen molar-refractivity contribution in [3.63, 3.8) is 0 Å². The molecule has 0 aliphatic carbocycles. The number of hydrogen-bond donors (Lipinski definition) is 0. The van der Waals surface area contributed by atoms with Crippen molar-refractivity contribution in [3.05, 3.63) is 77.5 Å². The Balaban J connectivity index is 2.56. The fraction of sp³-hybridized carbons (Fsp3) is 0.300. The van der Waals surface area contributed by atoms with Gasteiger partial charge in [-0.1, -0.05) is 60.7 Å². The van der Waals surface area contributed by atoms with Gasteiger partial charge in [-0.2, -0.15) is 0 Å². The minimum atomic E-state index is -2.89. The molecule has 0 aliphatic rings. The predicted molar refractivity (Wildman–Crippen MR) is 101 cm³/mol. The maximum atomic E-state index is 6.00. The van der Waals surface area contributed by atoms with E-state index in [1.807, 2.05) is 57.2 Å². The van der Waals surface area contributed by atoms with Crippen LogP contribution in [-0.2, 0) is 13.3 Å². The van der Waals surface area contributed by atoms with Crippen molar-refractivity contribution >= 4 is 14.4 Å². The summed E-state index contributed by atoms with van der Waals surface area (Å²) in [5, 5.41) is 0. The van der Waals surface area contributed by atoms with E-state index >= 15 is 0 Å². The van der Waals surface area contributed by atoms with Gasteiger partial charge in [0.05, 0.1) is 0 Å². The molecule has 0 N–H and O–H groups in total. The van der Waals surface area contributed by atoms with Crippen LogP contribution < -0.4 is 0 Å². The van der Waals surface area contributed by atoms with E-state index in [-0.39, 0.29) is 0 Å². The van der Waals surface area contributed by atoms with Gasteiger partial charge >= 0.3 is 8.80 Å². The van der Waals surface area contributed by atoms with Crippen LogP contribution >= 0.6 is 0 Å². The molecule has 0 saturated carbocycles. The Morgan fingerprint density at radius 2 is 1.08 bits per heavy atom. The molecular weight excluding hydrogens is 316 g/mol. The minimum absolute atomic E-state index is 0.555. The first-order valence-corrected chi connectivity index (χ1v) is 10.3. The van der Waals surface area contributed by atoms with Crippen LogP contribution in [0.5, 0.6) is 0 Å². The summed E-state index contributed by atoms with van der Waals surface area (Å²) in [4.78, 5) is 0. The second-order valence-electron chi connectivity index (χ2n) is 5.19. The number of benzene rings is 2. The molecule has 0 radical (unpaired) electrons. The fourth-order valence-electron chi connectivity index (χ4n) is 2.60. The van der Waals surface area contributed by atoms with Gasteiger partial charge in [-0.3, -0.25) is 0 Å². The zero-order valence-electron chi connectivity index (χ0n) is 14.7. The van der Waals surface area contributed by atoms with Crippen LogP contribution in [0.25, 0.3) is 5.57 Å². The van der Waals surface area contributed by atoms with E-state index in [0.717, 1.165) is 16.7 Å². The summed E-state index contributed by atoms with van der Waals surface area (Å²) in [5.41, 5.74) is 5.41. The third kappa shape index (κ3) is 4.88. The van der Waals surface area contributed by atoms with Crippen molar-refractivity contribution in [1.29, 1.82) is 0 Å². The quantitative estimate of drug-likeness (QED) is 0.618. The van der Waals surface area contributed by atoms with Gasteiger partial charge in [-0.05, 0) is 43.2 Å². The van der Waals surface area contributed by atoms with Crippen molar-refractivity contribution in [2.75, 3.05) is 19.8 Å². The molecule has 0 aromatic heterocycles. The Morgan fingerprint density at radius 1 is 0.708 bits per heavy atom. The Labute approximate surface area is 146 Å². The molecule has 0 fully saturated rings. The Kier molecular flexibility index (Phi) is 7.40. The lowest BCUT2D eigenvalue weighted by Crippen LogP contribution is -2.44. The Hall–Kier alpha value is -1.72. The molecule has 2 rings (SSSR count). The van der Waals surface area contributed by atoms with Gasteiger partial charge in [0.25, 0.3) is 0 Å². The largest absolute Gasteiger partial charge is 0.530 e. The average molecular weight is 343 g/mol.